The molecule has 2 aromatic heterocycles. The molecule has 1 unspecified atom stereocenters. The maximum atomic E-state index is 8.83. The third-order valence-electron chi connectivity index (χ3n) is 3.82. The summed E-state index contributed by atoms with van der Waals surface area (Å²) in [5.74, 6) is 2.07. The van der Waals surface area contributed by atoms with Crippen LogP contribution >= 0.6 is 0 Å². The van der Waals surface area contributed by atoms with E-state index in [1.54, 1.807) is 12.4 Å². The van der Waals surface area contributed by atoms with Crippen molar-refractivity contribution in [1.82, 2.24) is 9.97 Å². The van der Waals surface area contributed by atoms with Crippen LogP contribution in [-0.2, 0) is 0 Å². The summed E-state index contributed by atoms with van der Waals surface area (Å²) in [4.78, 5) is 10.8. The van der Waals surface area contributed by atoms with E-state index in [1.807, 2.05) is 30.3 Å². The van der Waals surface area contributed by atoms with Crippen LogP contribution in [0.25, 0.3) is 0 Å². The Labute approximate surface area is 130 Å². The molecular weight excluding hydrogens is 276 g/mol. The van der Waals surface area contributed by atoms with E-state index < -0.39 is 0 Å². The van der Waals surface area contributed by atoms with Crippen LogP contribution in [0.1, 0.15) is 18.4 Å². The molecule has 0 saturated carbocycles. The van der Waals surface area contributed by atoms with Crippen LogP contribution in [0.5, 0.6) is 5.88 Å². The highest BCUT2D eigenvalue weighted by atomic mass is 16.5. The van der Waals surface area contributed by atoms with Crippen LogP contribution in [0.15, 0.2) is 42.7 Å². The highest BCUT2D eigenvalue weighted by Crippen LogP contribution is 2.22. The first-order valence-electron chi connectivity index (χ1n) is 7.50. The van der Waals surface area contributed by atoms with Crippen molar-refractivity contribution >= 4 is 5.82 Å². The largest absolute Gasteiger partial charge is 0.477 e. The van der Waals surface area contributed by atoms with Crippen LogP contribution < -0.4 is 9.64 Å². The topological polar surface area (TPSA) is 62.0 Å². The Balaban J connectivity index is 1.58. The van der Waals surface area contributed by atoms with E-state index in [4.69, 9.17) is 10.00 Å². The van der Waals surface area contributed by atoms with Gasteiger partial charge in [-0.1, -0.05) is 6.07 Å². The minimum atomic E-state index is 0.466. The van der Waals surface area contributed by atoms with Crippen LogP contribution in [0, 0.1) is 17.2 Å². The molecule has 0 N–H and O–H groups in total. The molecule has 0 bridgehead atoms. The predicted molar refractivity (Wildman–Crippen MR) is 83.6 cm³/mol. The first-order chi connectivity index (χ1) is 10.8. The van der Waals surface area contributed by atoms with Gasteiger partial charge in [0.05, 0.1) is 12.2 Å². The molecule has 0 amide bonds. The molecule has 112 valence electrons. The molecule has 1 saturated heterocycles. The molecular formula is C17H18N4O. The Hall–Kier alpha value is -2.61. The number of nitriles is 1. The van der Waals surface area contributed by atoms with E-state index in [0.29, 0.717) is 24.0 Å². The molecule has 1 aliphatic rings. The summed E-state index contributed by atoms with van der Waals surface area (Å²) in [5, 5.41) is 8.83. The van der Waals surface area contributed by atoms with Gasteiger partial charge in [0.25, 0.3) is 0 Å². The van der Waals surface area contributed by atoms with Crippen molar-refractivity contribution < 1.29 is 4.74 Å². The van der Waals surface area contributed by atoms with E-state index in [-0.39, 0.29) is 0 Å². The normalized spacial score (nSPS) is 17.8. The van der Waals surface area contributed by atoms with Crippen molar-refractivity contribution in [3.63, 3.8) is 0 Å². The summed E-state index contributed by atoms with van der Waals surface area (Å²) in [6.07, 6.45) is 5.64. The molecule has 0 spiro atoms. The summed E-state index contributed by atoms with van der Waals surface area (Å²) < 4.78 is 5.76. The Morgan fingerprint density at radius 3 is 2.95 bits per heavy atom. The SMILES string of the molecule is N#Cc1ccc(N2CCCC(COc3ccccn3)C2)nc1. The van der Waals surface area contributed by atoms with Crippen LogP contribution in [0.4, 0.5) is 5.82 Å². The highest BCUT2D eigenvalue weighted by Gasteiger charge is 2.21. The van der Waals surface area contributed by atoms with Crippen LogP contribution in [0.3, 0.4) is 0 Å². The zero-order chi connectivity index (χ0) is 15.2. The van der Waals surface area contributed by atoms with Gasteiger partial charge >= 0.3 is 0 Å². The fourth-order valence-corrected chi connectivity index (χ4v) is 2.68. The van der Waals surface area contributed by atoms with Crippen molar-refractivity contribution in [2.45, 2.75) is 12.8 Å². The molecule has 0 aliphatic carbocycles. The molecule has 5 heteroatoms. The van der Waals surface area contributed by atoms with Crippen molar-refractivity contribution in [3.8, 4) is 11.9 Å². The quantitative estimate of drug-likeness (QED) is 0.867. The van der Waals surface area contributed by atoms with Gasteiger partial charge in [0.15, 0.2) is 0 Å². The molecule has 1 atom stereocenters. The summed E-state index contributed by atoms with van der Waals surface area (Å²) in [5.41, 5.74) is 0.593. The van der Waals surface area contributed by atoms with E-state index in [1.165, 1.54) is 0 Å². The van der Waals surface area contributed by atoms with Crippen molar-refractivity contribution in [1.29, 1.82) is 5.26 Å². The van der Waals surface area contributed by atoms with E-state index in [0.717, 1.165) is 31.7 Å². The van der Waals surface area contributed by atoms with Crippen molar-refractivity contribution in [2.75, 3.05) is 24.6 Å². The fraction of sp³-hybridized carbons (Fsp3) is 0.353. The number of hydrogen-bond donors (Lipinski definition) is 0. The van der Waals surface area contributed by atoms with E-state index in [9.17, 15) is 0 Å². The number of aromatic nitrogens is 2. The first-order valence-corrected chi connectivity index (χ1v) is 7.50. The molecule has 2 aromatic rings. The van der Waals surface area contributed by atoms with E-state index >= 15 is 0 Å². The standard InChI is InChI=1S/C17H18N4O/c18-10-14-6-7-16(20-11-14)21-9-3-4-15(12-21)13-22-17-5-1-2-8-19-17/h1-2,5-8,11,15H,3-4,9,12-13H2. The maximum absolute atomic E-state index is 8.83. The number of ether oxygens (including phenoxy) is 1. The summed E-state index contributed by atoms with van der Waals surface area (Å²) in [6, 6.07) is 11.5. The molecule has 1 fully saturated rings. The van der Waals surface area contributed by atoms with Crippen molar-refractivity contribution in [2.24, 2.45) is 5.92 Å². The number of piperidine rings is 1. The molecule has 3 rings (SSSR count). The lowest BCUT2D eigenvalue weighted by atomic mass is 9.99. The molecule has 3 heterocycles. The number of rotatable bonds is 4. The van der Waals surface area contributed by atoms with Gasteiger partial charge in [-0.3, -0.25) is 0 Å². The number of nitrogens with zero attached hydrogens (tertiary/aromatic N) is 4. The molecule has 22 heavy (non-hydrogen) atoms. The lowest BCUT2D eigenvalue weighted by molar-refractivity contribution is 0.221. The average molecular weight is 294 g/mol. The zero-order valence-electron chi connectivity index (χ0n) is 12.4. The molecule has 0 aromatic carbocycles. The molecule has 0 radical (unpaired) electrons. The third kappa shape index (κ3) is 3.53. The lowest BCUT2D eigenvalue weighted by Crippen LogP contribution is -2.38. The lowest BCUT2D eigenvalue weighted by Gasteiger charge is -2.33. The second-order valence-corrected chi connectivity index (χ2v) is 5.45. The maximum Gasteiger partial charge on any atom is 0.213 e. The van der Waals surface area contributed by atoms with Gasteiger partial charge in [-0.25, -0.2) is 9.97 Å². The average Bonchev–Trinajstić information content (AvgIpc) is 2.61. The van der Waals surface area contributed by atoms with Crippen LogP contribution in [0.2, 0.25) is 0 Å². The number of anilines is 1. The van der Waals surface area contributed by atoms with Gasteiger partial charge in [0.1, 0.15) is 11.9 Å². The predicted octanol–water partition coefficient (Wildman–Crippen LogP) is 2.64. The number of pyridine rings is 2. The summed E-state index contributed by atoms with van der Waals surface area (Å²) >= 11 is 0. The van der Waals surface area contributed by atoms with Gasteiger partial charge < -0.3 is 9.64 Å². The van der Waals surface area contributed by atoms with Gasteiger partial charge in [0.2, 0.25) is 5.88 Å². The first kappa shape index (κ1) is 14.3. The van der Waals surface area contributed by atoms with Crippen LogP contribution in [-0.4, -0.2) is 29.7 Å². The number of hydrogen-bond acceptors (Lipinski definition) is 5. The highest BCUT2D eigenvalue weighted by molar-refractivity contribution is 5.42. The Morgan fingerprint density at radius 1 is 1.27 bits per heavy atom. The van der Waals surface area contributed by atoms with Crippen molar-refractivity contribution in [3.05, 3.63) is 48.3 Å². The summed E-state index contributed by atoms with van der Waals surface area (Å²) in [7, 11) is 0. The smallest absolute Gasteiger partial charge is 0.213 e. The minimum Gasteiger partial charge on any atom is -0.477 e. The Morgan fingerprint density at radius 2 is 2.23 bits per heavy atom. The minimum absolute atomic E-state index is 0.466. The third-order valence-corrected chi connectivity index (χ3v) is 3.82. The van der Waals surface area contributed by atoms with Gasteiger partial charge in [-0.2, -0.15) is 5.26 Å². The Kier molecular flexibility index (Phi) is 4.50. The molecule has 5 nitrogen and oxygen atoms in total. The van der Waals surface area contributed by atoms with E-state index in [2.05, 4.69) is 20.9 Å². The van der Waals surface area contributed by atoms with Gasteiger partial charge in [-0.05, 0) is 31.0 Å². The fourth-order valence-electron chi connectivity index (χ4n) is 2.68. The summed E-state index contributed by atoms with van der Waals surface area (Å²) in [6.45, 7) is 2.59. The molecule has 1 aliphatic heterocycles. The second kappa shape index (κ2) is 6.90. The van der Waals surface area contributed by atoms with Gasteiger partial charge in [0, 0.05) is 37.5 Å². The monoisotopic (exact) mass is 294 g/mol. The Bertz CT molecular complexity index is 636. The van der Waals surface area contributed by atoms with Gasteiger partial charge in [-0.15, -0.1) is 0 Å². The second-order valence-electron chi connectivity index (χ2n) is 5.45. The zero-order valence-corrected chi connectivity index (χ0v) is 12.4.